The standard InChI is InChI=1S/C14H30N2O/c1-5-15-12(2)8-6-7-9-16-10-14(4)17-11-13(16)3/h12-15H,5-11H2,1-4H3. The lowest BCUT2D eigenvalue weighted by Gasteiger charge is -2.36. The van der Waals surface area contributed by atoms with E-state index < -0.39 is 0 Å². The van der Waals surface area contributed by atoms with E-state index in [0.29, 0.717) is 18.2 Å². The van der Waals surface area contributed by atoms with Gasteiger partial charge in [0.25, 0.3) is 0 Å². The summed E-state index contributed by atoms with van der Waals surface area (Å²) in [5.41, 5.74) is 0. The average molecular weight is 242 g/mol. The molecule has 1 N–H and O–H groups in total. The lowest BCUT2D eigenvalue weighted by molar-refractivity contribution is -0.0496. The molecule has 102 valence electrons. The van der Waals surface area contributed by atoms with Crippen molar-refractivity contribution in [2.75, 3.05) is 26.2 Å². The molecule has 1 fully saturated rings. The third-order valence-corrected chi connectivity index (χ3v) is 3.62. The highest BCUT2D eigenvalue weighted by Crippen LogP contribution is 2.12. The van der Waals surface area contributed by atoms with Gasteiger partial charge in [0.05, 0.1) is 12.7 Å². The van der Waals surface area contributed by atoms with Crippen LogP contribution >= 0.6 is 0 Å². The topological polar surface area (TPSA) is 24.5 Å². The number of ether oxygens (including phenoxy) is 1. The minimum absolute atomic E-state index is 0.409. The van der Waals surface area contributed by atoms with E-state index in [-0.39, 0.29) is 0 Å². The van der Waals surface area contributed by atoms with E-state index in [4.69, 9.17) is 4.74 Å². The van der Waals surface area contributed by atoms with Crippen LogP contribution in [0.5, 0.6) is 0 Å². The van der Waals surface area contributed by atoms with E-state index in [1.807, 2.05) is 0 Å². The Balaban J connectivity index is 2.08. The second-order valence-corrected chi connectivity index (χ2v) is 5.44. The molecular formula is C14H30N2O. The molecule has 3 heteroatoms. The number of nitrogens with one attached hydrogen (secondary N) is 1. The summed E-state index contributed by atoms with van der Waals surface area (Å²) in [5, 5.41) is 3.47. The predicted octanol–water partition coefficient (Wildman–Crippen LogP) is 2.26. The molecule has 0 aromatic heterocycles. The van der Waals surface area contributed by atoms with Gasteiger partial charge in [0.1, 0.15) is 0 Å². The van der Waals surface area contributed by atoms with E-state index >= 15 is 0 Å². The van der Waals surface area contributed by atoms with Crippen molar-refractivity contribution < 1.29 is 4.74 Å². The zero-order valence-corrected chi connectivity index (χ0v) is 12.0. The Morgan fingerprint density at radius 2 is 2.12 bits per heavy atom. The maximum absolute atomic E-state index is 5.65. The molecule has 1 aliphatic rings. The van der Waals surface area contributed by atoms with Crippen molar-refractivity contribution in [3.05, 3.63) is 0 Å². The molecule has 1 heterocycles. The van der Waals surface area contributed by atoms with Crippen LogP contribution in [-0.4, -0.2) is 49.3 Å². The zero-order valence-electron chi connectivity index (χ0n) is 12.0. The quantitative estimate of drug-likeness (QED) is 0.693. The van der Waals surface area contributed by atoms with Crippen molar-refractivity contribution in [3.8, 4) is 0 Å². The van der Waals surface area contributed by atoms with Gasteiger partial charge in [-0.2, -0.15) is 0 Å². The van der Waals surface area contributed by atoms with Crippen molar-refractivity contribution >= 4 is 0 Å². The smallest absolute Gasteiger partial charge is 0.0674 e. The Morgan fingerprint density at radius 3 is 2.82 bits per heavy atom. The van der Waals surface area contributed by atoms with Gasteiger partial charge in [-0.3, -0.25) is 4.90 Å². The van der Waals surface area contributed by atoms with E-state index in [0.717, 1.165) is 19.7 Å². The molecule has 1 aliphatic heterocycles. The van der Waals surface area contributed by atoms with Gasteiger partial charge in [-0.15, -0.1) is 0 Å². The molecule has 0 aromatic carbocycles. The molecule has 3 nitrogen and oxygen atoms in total. The number of rotatable bonds is 7. The Hall–Kier alpha value is -0.120. The number of morpholine rings is 1. The van der Waals surface area contributed by atoms with E-state index in [2.05, 4.69) is 37.9 Å². The fourth-order valence-corrected chi connectivity index (χ4v) is 2.50. The summed E-state index contributed by atoms with van der Waals surface area (Å²) < 4.78 is 5.65. The molecule has 0 aromatic rings. The van der Waals surface area contributed by atoms with Gasteiger partial charge in [-0.1, -0.05) is 13.3 Å². The fourth-order valence-electron chi connectivity index (χ4n) is 2.50. The first kappa shape index (κ1) is 14.9. The second-order valence-electron chi connectivity index (χ2n) is 5.44. The SMILES string of the molecule is CCNC(C)CCCCN1CC(C)OCC1C. The van der Waals surface area contributed by atoms with Gasteiger partial charge in [0.15, 0.2) is 0 Å². The minimum Gasteiger partial charge on any atom is -0.376 e. The maximum atomic E-state index is 5.65. The van der Waals surface area contributed by atoms with E-state index in [9.17, 15) is 0 Å². The lowest BCUT2D eigenvalue weighted by atomic mass is 10.1. The van der Waals surface area contributed by atoms with Gasteiger partial charge in [-0.25, -0.2) is 0 Å². The third kappa shape index (κ3) is 5.84. The molecule has 1 rings (SSSR count). The first-order valence-electron chi connectivity index (χ1n) is 7.22. The molecule has 1 saturated heterocycles. The highest BCUT2D eigenvalue weighted by molar-refractivity contribution is 4.75. The second kappa shape index (κ2) is 8.06. The van der Waals surface area contributed by atoms with Gasteiger partial charge < -0.3 is 10.1 Å². The van der Waals surface area contributed by atoms with E-state index in [1.165, 1.54) is 25.8 Å². The average Bonchev–Trinajstić information content (AvgIpc) is 2.29. The van der Waals surface area contributed by atoms with Crippen LogP contribution in [0.3, 0.4) is 0 Å². The first-order chi connectivity index (χ1) is 8.13. The van der Waals surface area contributed by atoms with Gasteiger partial charge >= 0.3 is 0 Å². The van der Waals surface area contributed by atoms with Crippen molar-refractivity contribution in [3.63, 3.8) is 0 Å². The molecule has 0 saturated carbocycles. The predicted molar refractivity (Wildman–Crippen MR) is 73.4 cm³/mol. The maximum Gasteiger partial charge on any atom is 0.0674 e. The third-order valence-electron chi connectivity index (χ3n) is 3.62. The molecule has 0 aliphatic carbocycles. The van der Waals surface area contributed by atoms with Crippen LogP contribution in [0.1, 0.15) is 47.0 Å². The van der Waals surface area contributed by atoms with Crippen molar-refractivity contribution in [2.45, 2.75) is 65.1 Å². The Kier molecular flexibility index (Phi) is 7.09. The summed E-state index contributed by atoms with van der Waals surface area (Å²) in [6.45, 7) is 13.2. The molecule has 0 radical (unpaired) electrons. The largest absolute Gasteiger partial charge is 0.376 e. The monoisotopic (exact) mass is 242 g/mol. The molecule has 0 spiro atoms. The molecular weight excluding hydrogens is 212 g/mol. The Morgan fingerprint density at radius 1 is 1.35 bits per heavy atom. The van der Waals surface area contributed by atoms with E-state index in [1.54, 1.807) is 0 Å². The molecule has 3 unspecified atom stereocenters. The van der Waals surface area contributed by atoms with Crippen LogP contribution in [0, 0.1) is 0 Å². The number of hydrogen-bond acceptors (Lipinski definition) is 3. The number of unbranched alkanes of at least 4 members (excludes halogenated alkanes) is 1. The number of hydrogen-bond donors (Lipinski definition) is 1. The summed E-state index contributed by atoms with van der Waals surface area (Å²) in [5.74, 6) is 0. The highest BCUT2D eigenvalue weighted by atomic mass is 16.5. The van der Waals surface area contributed by atoms with Crippen LogP contribution < -0.4 is 5.32 Å². The fraction of sp³-hybridized carbons (Fsp3) is 1.00. The lowest BCUT2D eigenvalue weighted by Crippen LogP contribution is -2.47. The van der Waals surface area contributed by atoms with Crippen molar-refractivity contribution in [1.82, 2.24) is 10.2 Å². The van der Waals surface area contributed by atoms with Crippen LogP contribution in [0.25, 0.3) is 0 Å². The van der Waals surface area contributed by atoms with Crippen molar-refractivity contribution in [2.24, 2.45) is 0 Å². The summed E-state index contributed by atoms with van der Waals surface area (Å²) in [6.07, 6.45) is 4.34. The molecule has 17 heavy (non-hydrogen) atoms. The van der Waals surface area contributed by atoms with Gasteiger partial charge in [0.2, 0.25) is 0 Å². The summed E-state index contributed by atoms with van der Waals surface area (Å²) >= 11 is 0. The normalized spacial score (nSPS) is 28.2. The summed E-state index contributed by atoms with van der Waals surface area (Å²) in [4.78, 5) is 2.58. The first-order valence-corrected chi connectivity index (χ1v) is 7.22. The molecule has 0 bridgehead atoms. The Labute approximate surface area is 107 Å². The highest BCUT2D eigenvalue weighted by Gasteiger charge is 2.22. The number of nitrogens with zero attached hydrogens (tertiary/aromatic N) is 1. The van der Waals surface area contributed by atoms with Crippen LogP contribution in [0.4, 0.5) is 0 Å². The van der Waals surface area contributed by atoms with Crippen LogP contribution in [0.15, 0.2) is 0 Å². The molecule has 3 atom stereocenters. The van der Waals surface area contributed by atoms with Crippen LogP contribution in [-0.2, 0) is 4.74 Å². The van der Waals surface area contributed by atoms with Crippen LogP contribution in [0.2, 0.25) is 0 Å². The minimum atomic E-state index is 0.409. The zero-order chi connectivity index (χ0) is 12.7. The molecule has 0 amide bonds. The summed E-state index contributed by atoms with van der Waals surface area (Å²) in [7, 11) is 0. The van der Waals surface area contributed by atoms with Gasteiger partial charge in [-0.05, 0) is 46.7 Å². The van der Waals surface area contributed by atoms with Gasteiger partial charge in [0, 0.05) is 18.6 Å². The summed E-state index contributed by atoms with van der Waals surface area (Å²) in [6, 6.07) is 1.26. The Bertz CT molecular complexity index is 199. The van der Waals surface area contributed by atoms with Crippen molar-refractivity contribution in [1.29, 1.82) is 0 Å².